The third-order valence-electron chi connectivity index (χ3n) is 3.21. The van der Waals surface area contributed by atoms with Crippen LogP contribution < -0.4 is 11.0 Å². The minimum Gasteiger partial charge on any atom is -0.394 e. The lowest BCUT2D eigenvalue weighted by atomic mass is 10.1. The lowest BCUT2D eigenvalue weighted by Crippen LogP contribution is -2.27. The van der Waals surface area contributed by atoms with Gasteiger partial charge in [0, 0.05) is 6.07 Å². The molecule has 1 aromatic carbocycles. The number of aliphatic hydroxyl groups excluding tert-OH is 1. The molecule has 7 nitrogen and oxygen atoms in total. The number of benzene rings is 1. The van der Waals surface area contributed by atoms with E-state index in [2.05, 4.69) is 20.5 Å². The fraction of sp³-hybridized carbons (Fsp3) is 0.214. The highest BCUT2D eigenvalue weighted by Gasteiger charge is 2.10. The molecule has 0 spiro atoms. The fourth-order valence-corrected chi connectivity index (χ4v) is 2.16. The lowest BCUT2D eigenvalue weighted by molar-refractivity contribution is 0.273. The molecule has 7 heteroatoms. The van der Waals surface area contributed by atoms with Gasteiger partial charge in [-0.25, -0.2) is 19.3 Å². The molecule has 0 bridgehead atoms. The summed E-state index contributed by atoms with van der Waals surface area (Å²) < 4.78 is 1.32. The molecule has 0 saturated heterocycles. The average molecular weight is 285 g/mol. The maximum absolute atomic E-state index is 11.4. The summed E-state index contributed by atoms with van der Waals surface area (Å²) in [5.74, 6) is 0.566. The number of nitrogens with zero attached hydrogens (tertiary/aromatic N) is 3. The molecule has 2 heterocycles. The highest BCUT2D eigenvalue weighted by molar-refractivity contribution is 5.48. The summed E-state index contributed by atoms with van der Waals surface area (Å²) in [4.78, 5) is 15.5. The summed E-state index contributed by atoms with van der Waals surface area (Å²) in [5.41, 5.74) is 1.28. The van der Waals surface area contributed by atoms with Crippen molar-refractivity contribution in [1.29, 1.82) is 0 Å². The van der Waals surface area contributed by atoms with Crippen LogP contribution in [0.2, 0.25) is 0 Å². The smallest absolute Gasteiger partial charge is 0.348 e. The van der Waals surface area contributed by atoms with Crippen LogP contribution in [-0.2, 0) is 6.42 Å². The molecule has 0 amide bonds. The Bertz CT molecular complexity index is 781. The zero-order valence-electron chi connectivity index (χ0n) is 11.2. The van der Waals surface area contributed by atoms with Gasteiger partial charge in [-0.05, 0) is 12.0 Å². The zero-order valence-corrected chi connectivity index (χ0v) is 11.2. The second kappa shape index (κ2) is 5.76. The van der Waals surface area contributed by atoms with Gasteiger partial charge >= 0.3 is 5.69 Å². The first-order valence-corrected chi connectivity index (χ1v) is 6.60. The van der Waals surface area contributed by atoms with Gasteiger partial charge in [0.1, 0.15) is 12.1 Å². The Morgan fingerprint density at radius 1 is 1.33 bits per heavy atom. The molecule has 3 rings (SSSR count). The van der Waals surface area contributed by atoms with Crippen LogP contribution in [0.5, 0.6) is 0 Å². The highest BCUT2D eigenvalue weighted by atomic mass is 16.3. The molecule has 1 unspecified atom stereocenters. The molecule has 0 aliphatic carbocycles. The van der Waals surface area contributed by atoms with Crippen molar-refractivity contribution >= 4 is 11.5 Å². The molecule has 0 aliphatic rings. The van der Waals surface area contributed by atoms with Crippen LogP contribution >= 0.6 is 0 Å². The Morgan fingerprint density at radius 2 is 2.14 bits per heavy atom. The summed E-state index contributed by atoms with van der Waals surface area (Å²) in [6.45, 7) is -0.0187. The van der Waals surface area contributed by atoms with Gasteiger partial charge in [0.05, 0.1) is 12.6 Å². The average Bonchev–Trinajstić information content (AvgIpc) is 2.88. The van der Waals surface area contributed by atoms with Crippen LogP contribution in [0.25, 0.3) is 5.65 Å². The van der Waals surface area contributed by atoms with Crippen molar-refractivity contribution in [1.82, 2.24) is 19.6 Å². The van der Waals surface area contributed by atoms with E-state index in [1.165, 1.54) is 10.7 Å². The van der Waals surface area contributed by atoms with Gasteiger partial charge in [-0.2, -0.15) is 5.10 Å². The molecule has 21 heavy (non-hydrogen) atoms. The van der Waals surface area contributed by atoms with Crippen LogP contribution in [0.3, 0.4) is 0 Å². The van der Waals surface area contributed by atoms with Crippen molar-refractivity contribution < 1.29 is 5.11 Å². The molecule has 0 radical (unpaired) electrons. The van der Waals surface area contributed by atoms with E-state index in [4.69, 9.17) is 0 Å². The standard InChI is InChI=1S/C14H15N5O2/c20-8-11(6-10-4-2-1-3-5-10)16-12-7-13-17-18-14(21)19(13)9-15-12/h1-5,7,9,11,16,20H,6,8H2,(H,18,21). The van der Waals surface area contributed by atoms with Crippen LogP contribution in [0.1, 0.15) is 5.56 Å². The van der Waals surface area contributed by atoms with E-state index < -0.39 is 0 Å². The van der Waals surface area contributed by atoms with Gasteiger partial charge in [-0.1, -0.05) is 30.3 Å². The Labute approximate surface area is 120 Å². The van der Waals surface area contributed by atoms with Gasteiger partial charge in [0.2, 0.25) is 0 Å². The topological polar surface area (TPSA) is 95.3 Å². The third-order valence-corrected chi connectivity index (χ3v) is 3.21. The van der Waals surface area contributed by atoms with Crippen molar-refractivity contribution in [3.05, 3.63) is 58.8 Å². The van der Waals surface area contributed by atoms with Crippen molar-refractivity contribution in [2.45, 2.75) is 12.5 Å². The van der Waals surface area contributed by atoms with E-state index in [9.17, 15) is 9.90 Å². The predicted octanol–water partition coefficient (Wildman–Crippen LogP) is 0.433. The van der Waals surface area contributed by atoms with Gasteiger partial charge in [-0.3, -0.25) is 0 Å². The Morgan fingerprint density at radius 3 is 2.90 bits per heavy atom. The number of aliphatic hydroxyl groups is 1. The first kappa shape index (κ1) is 13.3. The van der Waals surface area contributed by atoms with Crippen molar-refractivity contribution in [2.75, 3.05) is 11.9 Å². The minimum atomic E-state index is -0.327. The number of aromatic amines is 1. The van der Waals surface area contributed by atoms with Crippen LogP contribution in [0.15, 0.2) is 47.5 Å². The minimum absolute atomic E-state index is 0.0187. The van der Waals surface area contributed by atoms with Crippen LogP contribution in [0, 0.1) is 0 Å². The van der Waals surface area contributed by atoms with Gasteiger partial charge in [0.25, 0.3) is 0 Å². The Balaban J connectivity index is 1.77. The van der Waals surface area contributed by atoms with E-state index in [1.54, 1.807) is 6.07 Å². The maximum atomic E-state index is 11.4. The molecule has 0 aliphatic heterocycles. The number of fused-ring (bicyclic) bond motifs is 1. The van der Waals surface area contributed by atoms with E-state index in [0.29, 0.717) is 17.9 Å². The largest absolute Gasteiger partial charge is 0.394 e. The first-order chi connectivity index (χ1) is 10.3. The summed E-state index contributed by atoms with van der Waals surface area (Å²) >= 11 is 0. The predicted molar refractivity (Wildman–Crippen MR) is 78.3 cm³/mol. The zero-order chi connectivity index (χ0) is 14.7. The van der Waals surface area contributed by atoms with Gasteiger partial charge in [-0.15, -0.1) is 0 Å². The third kappa shape index (κ3) is 2.92. The second-order valence-corrected chi connectivity index (χ2v) is 4.74. The number of hydrogen-bond donors (Lipinski definition) is 3. The first-order valence-electron chi connectivity index (χ1n) is 6.60. The van der Waals surface area contributed by atoms with E-state index in [-0.39, 0.29) is 18.3 Å². The molecule has 108 valence electrons. The molecule has 0 fully saturated rings. The number of hydrogen-bond acceptors (Lipinski definition) is 5. The molecule has 3 aromatic rings. The van der Waals surface area contributed by atoms with Gasteiger partial charge in [0.15, 0.2) is 5.65 Å². The van der Waals surface area contributed by atoms with Crippen LogP contribution in [0.4, 0.5) is 5.82 Å². The number of H-pyrrole nitrogens is 1. The van der Waals surface area contributed by atoms with E-state index >= 15 is 0 Å². The Kier molecular flexibility index (Phi) is 3.65. The van der Waals surface area contributed by atoms with E-state index in [1.807, 2.05) is 30.3 Å². The van der Waals surface area contributed by atoms with Crippen molar-refractivity contribution in [3.63, 3.8) is 0 Å². The van der Waals surface area contributed by atoms with E-state index in [0.717, 1.165) is 5.56 Å². The maximum Gasteiger partial charge on any atom is 0.348 e. The Hall–Kier alpha value is -2.67. The van der Waals surface area contributed by atoms with Crippen molar-refractivity contribution in [2.24, 2.45) is 0 Å². The van der Waals surface area contributed by atoms with Crippen molar-refractivity contribution in [3.8, 4) is 0 Å². The summed E-state index contributed by atoms with van der Waals surface area (Å²) in [6, 6.07) is 11.4. The normalized spacial score (nSPS) is 12.4. The lowest BCUT2D eigenvalue weighted by Gasteiger charge is -2.16. The summed E-state index contributed by atoms with van der Waals surface area (Å²) in [7, 11) is 0. The number of rotatable bonds is 5. The molecular formula is C14H15N5O2. The number of nitrogens with one attached hydrogen (secondary N) is 2. The summed E-state index contributed by atoms with van der Waals surface area (Å²) in [5, 5.41) is 18.9. The molecular weight excluding hydrogens is 270 g/mol. The number of aromatic nitrogens is 4. The van der Waals surface area contributed by atoms with Gasteiger partial charge < -0.3 is 10.4 Å². The summed E-state index contributed by atoms with van der Waals surface area (Å²) in [6.07, 6.45) is 2.08. The molecule has 3 N–H and O–H groups in total. The van der Waals surface area contributed by atoms with Crippen LogP contribution in [-0.4, -0.2) is 37.3 Å². The fourth-order valence-electron chi connectivity index (χ4n) is 2.16. The molecule has 0 saturated carbocycles. The highest BCUT2D eigenvalue weighted by Crippen LogP contribution is 2.10. The molecule has 2 aromatic heterocycles. The number of anilines is 1. The quantitative estimate of drug-likeness (QED) is 0.632. The molecule has 1 atom stereocenters. The second-order valence-electron chi connectivity index (χ2n) is 4.74. The monoisotopic (exact) mass is 285 g/mol. The SMILES string of the molecule is O=c1[nH]nc2cc(NC(CO)Cc3ccccc3)ncn12.